The van der Waals surface area contributed by atoms with Crippen molar-refractivity contribution in [3.63, 3.8) is 0 Å². The first-order valence-electron chi connectivity index (χ1n) is 6.88. The molecule has 0 fully saturated rings. The molecule has 0 bridgehead atoms. The molecule has 4 heteroatoms. The summed E-state index contributed by atoms with van der Waals surface area (Å²) in [5.41, 5.74) is 3.68. The highest BCUT2D eigenvalue weighted by atomic mass is 35.5. The van der Waals surface area contributed by atoms with Crippen LogP contribution in [0.25, 0.3) is 0 Å². The van der Waals surface area contributed by atoms with Crippen LogP contribution < -0.4 is 10.1 Å². The lowest BCUT2D eigenvalue weighted by Gasteiger charge is -2.14. The summed E-state index contributed by atoms with van der Waals surface area (Å²) in [5.74, 6) is 0.708. The van der Waals surface area contributed by atoms with Gasteiger partial charge in [0.2, 0.25) is 0 Å². The van der Waals surface area contributed by atoms with E-state index in [0.717, 1.165) is 23.6 Å². The monoisotopic (exact) mass is 298 g/mol. The van der Waals surface area contributed by atoms with E-state index in [4.69, 9.17) is 21.6 Å². The lowest BCUT2D eigenvalue weighted by atomic mass is 10.1. The van der Waals surface area contributed by atoms with Crippen molar-refractivity contribution in [2.75, 3.05) is 11.9 Å². The average Bonchev–Trinajstić information content (AvgIpc) is 2.86. The third kappa shape index (κ3) is 3.29. The van der Waals surface area contributed by atoms with Gasteiger partial charge in [-0.3, -0.25) is 0 Å². The largest absolute Gasteiger partial charge is 0.479 e. The minimum atomic E-state index is 0.0663. The van der Waals surface area contributed by atoms with Gasteiger partial charge in [-0.15, -0.1) is 0 Å². The smallest absolute Gasteiger partial charge is 0.174 e. The number of hydrogen-bond acceptors (Lipinski definition) is 3. The summed E-state index contributed by atoms with van der Waals surface area (Å²) < 4.78 is 5.32. The van der Waals surface area contributed by atoms with Crippen molar-refractivity contribution in [3.05, 3.63) is 58.6 Å². The van der Waals surface area contributed by atoms with Gasteiger partial charge in [0.05, 0.1) is 0 Å². The van der Waals surface area contributed by atoms with Crippen LogP contribution in [0, 0.1) is 11.3 Å². The molecule has 1 atom stereocenters. The quantitative estimate of drug-likeness (QED) is 0.933. The van der Waals surface area contributed by atoms with Crippen molar-refractivity contribution in [1.82, 2.24) is 0 Å². The van der Waals surface area contributed by atoms with Crippen LogP contribution in [-0.2, 0) is 12.8 Å². The van der Waals surface area contributed by atoms with Gasteiger partial charge in [0.15, 0.2) is 6.61 Å². The lowest BCUT2D eigenvalue weighted by molar-refractivity contribution is 0.368. The zero-order chi connectivity index (χ0) is 14.7. The summed E-state index contributed by atoms with van der Waals surface area (Å²) in [4.78, 5) is 0. The predicted octanol–water partition coefficient (Wildman–Crippen LogP) is 3.82. The molecule has 2 aromatic carbocycles. The maximum absolute atomic E-state index is 8.55. The summed E-state index contributed by atoms with van der Waals surface area (Å²) in [6, 6.07) is 16.1. The summed E-state index contributed by atoms with van der Waals surface area (Å²) in [7, 11) is 0. The van der Waals surface area contributed by atoms with E-state index in [9.17, 15) is 0 Å². The van der Waals surface area contributed by atoms with Crippen LogP contribution in [0.5, 0.6) is 5.75 Å². The fraction of sp³-hybridized carbons (Fsp3) is 0.235. The van der Waals surface area contributed by atoms with Crippen molar-refractivity contribution in [3.8, 4) is 11.8 Å². The number of benzene rings is 2. The Morgan fingerprint density at radius 3 is 2.90 bits per heavy atom. The Kier molecular flexibility index (Phi) is 3.98. The van der Waals surface area contributed by atoms with Gasteiger partial charge in [0.25, 0.3) is 0 Å². The normalized spacial score (nSPS) is 16.1. The van der Waals surface area contributed by atoms with Crippen molar-refractivity contribution in [2.45, 2.75) is 18.9 Å². The first-order valence-corrected chi connectivity index (χ1v) is 7.26. The number of anilines is 1. The van der Waals surface area contributed by atoms with Gasteiger partial charge in [0, 0.05) is 22.8 Å². The highest BCUT2D eigenvalue weighted by Crippen LogP contribution is 2.28. The van der Waals surface area contributed by atoms with Crippen LogP contribution >= 0.6 is 11.6 Å². The third-order valence-electron chi connectivity index (χ3n) is 3.61. The van der Waals surface area contributed by atoms with Crippen LogP contribution in [0.4, 0.5) is 5.69 Å². The molecule has 0 spiro atoms. The molecule has 0 aromatic heterocycles. The topological polar surface area (TPSA) is 45.0 Å². The number of nitrogens with one attached hydrogen (secondary N) is 1. The second kappa shape index (κ2) is 6.07. The molecule has 1 unspecified atom stereocenters. The van der Waals surface area contributed by atoms with E-state index in [1.807, 2.05) is 42.5 Å². The Hall–Kier alpha value is -2.18. The predicted molar refractivity (Wildman–Crippen MR) is 83.8 cm³/mol. The SMILES string of the molecule is N#CCOc1cccc(NC2Cc3ccc(Cl)cc3C2)c1. The molecule has 0 saturated carbocycles. The van der Waals surface area contributed by atoms with Gasteiger partial charge in [-0.25, -0.2) is 0 Å². The second-order valence-corrected chi connectivity index (χ2v) is 5.57. The Bertz CT molecular complexity index is 693. The third-order valence-corrected chi connectivity index (χ3v) is 3.84. The lowest BCUT2D eigenvalue weighted by Crippen LogP contribution is -2.19. The number of nitriles is 1. The molecule has 3 nitrogen and oxygen atoms in total. The minimum absolute atomic E-state index is 0.0663. The van der Waals surface area contributed by atoms with E-state index in [-0.39, 0.29) is 6.61 Å². The molecule has 2 aromatic rings. The van der Waals surface area contributed by atoms with Crippen LogP contribution in [0.2, 0.25) is 5.02 Å². The molecular formula is C17H15ClN2O. The van der Waals surface area contributed by atoms with Gasteiger partial charge in [0.1, 0.15) is 11.8 Å². The van der Waals surface area contributed by atoms with Crippen molar-refractivity contribution < 1.29 is 4.74 Å². The Morgan fingerprint density at radius 2 is 2.05 bits per heavy atom. The van der Waals surface area contributed by atoms with Gasteiger partial charge in [-0.2, -0.15) is 5.26 Å². The maximum atomic E-state index is 8.55. The molecule has 106 valence electrons. The zero-order valence-electron chi connectivity index (χ0n) is 11.5. The van der Waals surface area contributed by atoms with Crippen LogP contribution in [0.1, 0.15) is 11.1 Å². The number of hydrogen-bond donors (Lipinski definition) is 1. The molecule has 0 saturated heterocycles. The van der Waals surface area contributed by atoms with E-state index in [1.54, 1.807) is 0 Å². The number of ether oxygens (including phenoxy) is 1. The number of nitrogens with zero attached hydrogens (tertiary/aromatic N) is 1. The Balaban J connectivity index is 1.67. The second-order valence-electron chi connectivity index (χ2n) is 5.14. The van der Waals surface area contributed by atoms with Crippen LogP contribution in [0.3, 0.4) is 0 Å². The molecule has 3 rings (SSSR count). The van der Waals surface area contributed by atoms with Crippen molar-refractivity contribution in [1.29, 1.82) is 5.26 Å². The maximum Gasteiger partial charge on any atom is 0.174 e. The molecule has 0 aliphatic heterocycles. The van der Waals surface area contributed by atoms with E-state index in [0.29, 0.717) is 11.8 Å². The Labute approximate surface area is 129 Å². The summed E-state index contributed by atoms with van der Waals surface area (Å²) in [6.45, 7) is 0.0663. The van der Waals surface area contributed by atoms with E-state index in [2.05, 4.69) is 11.4 Å². The van der Waals surface area contributed by atoms with Gasteiger partial charge < -0.3 is 10.1 Å². The molecule has 0 heterocycles. The first kappa shape index (κ1) is 13.8. The number of rotatable bonds is 4. The summed E-state index contributed by atoms with van der Waals surface area (Å²) in [6.07, 6.45) is 1.97. The summed E-state index contributed by atoms with van der Waals surface area (Å²) >= 11 is 6.04. The highest BCUT2D eigenvalue weighted by Gasteiger charge is 2.21. The zero-order valence-corrected chi connectivity index (χ0v) is 12.2. The van der Waals surface area contributed by atoms with E-state index < -0.39 is 0 Å². The number of halogens is 1. The standard InChI is InChI=1S/C17H15ClN2O/c18-14-5-4-12-9-16(10-13(12)8-14)20-15-2-1-3-17(11-15)21-7-6-19/h1-5,8,11,16,20H,7,9-10H2. The van der Waals surface area contributed by atoms with Gasteiger partial charge >= 0.3 is 0 Å². The molecule has 0 amide bonds. The van der Waals surface area contributed by atoms with Crippen LogP contribution in [0.15, 0.2) is 42.5 Å². The van der Waals surface area contributed by atoms with E-state index >= 15 is 0 Å². The Morgan fingerprint density at radius 1 is 1.19 bits per heavy atom. The fourth-order valence-corrected chi connectivity index (χ4v) is 2.91. The first-order chi connectivity index (χ1) is 10.2. The van der Waals surface area contributed by atoms with Crippen molar-refractivity contribution in [2.24, 2.45) is 0 Å². The van der Waals surface area contributed by atoms with Crippen LogP contribution in [-0.4, -0.2) is 12.6 Å². The van der Waals surface area contributed by atoms with Gasteiger partial charge in [-0.1, -0.05) is 23.7 Å². The molecule has 1 aliphatic rings. The molecule has 1 N–H and O–H groups in total. The van der Waals surface area contributed by atoms with Gasteiger partial charge in [-0.05, 0) is 48.2 Å². The van der Waals surface area contributed by atoms with E-state index in [1.165, 1.54) is 11.1 Å². The number of fused-ring (bicyclic) bond motifs is 1. The molecule has 21 heavy (non-hydrogen) atoms. The molecular weight excluding hydrogens is 284 g/mol. The van der Waals surface area contributed by atoms with Crippen molar-refractivity contribution >= 4 is 17.3 Å². The minimum Gasteiger partial charge on any atom is -0.479 e. The molecule has 0 radical (unpaired) electrons. The fourth-order valence-electron chi connectivity index (χ4n) is 2.72. The highest BCUT2D eigenvalue weighted by molar-refractivity contribution is 6.30. The average molecular weight is 299 g/mol. The summed E-state index contributed by atoms with van der Waals surface area (Å²) in [5, 5.41) is 12.9. The molecule has 1 aliphatic carbocycles.